The number of carbonyl (C=O) groups is 4. The number of unbranched alkanes of at least 4 members (excludes halogenated alkanes) is 39. The summed E-state index contributed by atoms with van der Waals surface area (Å²) in [5.41, 5.74) is 0. The van der Waals surface area contributed by atoms with E-state index < -0.39 is 97.5 Å². The Labute approximate surface area is 524 Å². The summed E-state index contributed by atoms with van der Waals surface area (Å²) in [5.74, 6) is -1.32. The van der Waals surface area contributed by atoms with Crippen molar-refractivity contribution in [2.24, 2.45) is 5.92 Å². The van der Waals surface area contributed by atoms with E-state index in [4.69, 9.17) is 37.0 Å². The van der Waals surface area contributed by atoms with E-state index in [1.165, 1.54) is 141 Å². The second kappa shape index (κ2) is 60.6. The van der Waals surface area contributed by atoms with Gasteiger partial charge in [0.2, 0.25) is 0 Å². The molecule has 2 unspecified atom stereocenters. The Hall–Kier alpha value is -1.94. The van der Waals surface area contributed by atoms with Gasteiger partial charge in [-0.3, -0.25) is 37.3 Å². The van der Waals surface area contributed by atoms with Crippen LogP contribution in [0.4, 0.5) is 0 Å². The van der Waals surface area contributed by atoms with Crippen LogP contribution in [0.15, 0.2) is 0 Å². The van der Waals surface area contributed by atoms with Crippen molar-refractivity contribution in [3.05, 3.63) is 0 Å². The average Bonchev–Trinajstić information content (AvgIpc) is 3.70. The van der Waals surface area contributed by atoms with E-state index in [0.717, 1.165) is 121 Å². The van der Waals surface area contributed by atoms with Gasteiger partial charge in [0.1, 0.15) is 19.3 Å². The van der Waals surface area contributed by atoms with Gasteiger partial charge in [-0.1, -0.05) is 291 Å². The Morgan fingerprint density at radius 2 is 0.535 bits per heavy atom. The van der Waals surface area contributed by atoms with Crippen LogP contribution in [0.1, 0.15) is 343 Å². The molecule has 0 aromatic carbocycles. The molecule has 0 aliphatic rings. The first-order chi connectivity index (χ1) is 41.5. The zero-order valence-electron chi connectivity index (χ0n) is 55.4. The van der Waals surface area contributed by atoms with E-state index in [1.54, 1.807) is 0 Å². The molecule has 0 saturated heterocycles. The molecule has 17 nitrogen and oxygen atoms in total. The molecule has 19 heteroatoms. The second-order valence-corrected chi connectivity index (χ2v) is 27.6. The second-order valence-electron chi connectivity index (χ2n) is 24.7. The number of rotatable bonds is 67. The van der Waals surface area contributed by atoms with Crippen LogP contribution in [0.3, 0.4) is 0 Å². The third-order valence-electron chi connectivity index (χ3n) is 15.5. The maximum Gasteiger partial charge on any atom is 0.472 e. The number of phosphoric ester groups is 2. The highest BCUT2D eigenvalue weighted by Gasteiger charge is 2.30. The highest BCUT2D eigenvalue weighted by Crippen LogP contribution is 2.45. The van der Waals surface area contributed by atoms with E-state index in [-0.39, 0.29) is 25.7 Å². The van der Waals surface area contributed by atoms with Crippen LogP contribution in [0.25, 0.3) is 0 Å². The summed E-state index contributed by atoms with van der Waals surface area (Å²) in [5, 5.41) is 10.5. The lowest BCUT2D eigenvalue weighted by atomic mass is 10.0. The monoisotopic (exact) mass is 1270 g/mol. The number of phosphoric acid groups is 2. The van der Waals surface area contributed by atoms with E-state index in [0.29, 0.717) is 25.7 Å². The number of ether oxygens (including phenoxy) is 4. The molecular formula is C67H130O17P2. The topological polar surface area (TPSA) is 237 Å². The molecular weight excluding hydrogens is 1140 g/mol. The minimum Gasteiger partial charge on any atom is -0.462 e. The number of aliphatic hydroxyl groups excluding tert-OH is 1. The van der Waals surface area contributed by atoms with Crippen LogP contribution in [0.2, 0.25) is 0 Å². The van der Waals surface area contributed by atoms with Crippen LogP contribution >= 0.6 is 15.6 Å². The summed E-state index contributed by atoms with van der Waals surface area (Å²) in [7, 11) is -9.88. The van der Waals surface area contributed by atoms with E-state index in [9.17, 15) is 43.2 Å². The first-order valence-electron chi connectivity index (χ1n) is 35.1. The van der Waals surface area contributed by atoms with Crippen molar-refractivity contribution in [1.29, 1.82) is 0 Å². The summed E-state index contributed by atoms with van der Waals surface area (Å²) in [4.78, 5) is 72.0. The van der Waals surface area contributed by atoms with Crippen molar-refractivity contribution >= 4 is 39.5 Å². The van der Waals surface area contributed by atoms with Gasteiger partial charge >= 0.3 is 39.5 Å². The Kier molecular flexibility index (Phi) is 59.2. The molecule has 5 atom stereocenters. The van der Waals surface area contributed by atoms with Crippen molar-refractivity contribution < 1.29 is 80.2 Å². The predicted octanol–water partition coefficient (Wildman–Crippen LogP) is 19.0. The fourth-order valence-electron chi connectivity index (χ4n) is 10.1. The number of aliphatic hydroxyl groups is 1. The smallest absolute Gasteiger partial charge is 0.462 e. The average molecular weight is 1270 g/mol. The zero-order chi connectivity index (χ0) is 63.5. The molecule has 86 heavy (non-hydrogen) atoms. The Morgan fingerprint density at radius 1 is 0.314 bits per heavy atom. The van der Waals surface area contributed by atoms with Crippen LogP contribution in [0.5, 0.6) is 0 Å². The van der Waals surface area contributed by atoms with E-state index in [2.05, 4.69) is 34.6 Å². The van der Waals surface area contributed by atoms with Crippen molar-refractivity contribution in [2.75, 3.05) is 39.6 Å². The molecule has 0 rings (SSSR count). The molecule has 0 aliphatic heterocycles. The normalized spacial score (nSPS) is 14.2. The van der Waals surface area contributed by atoms with Crippen molar-refractivity contribution in [3.8, 4) is 0 Å². The first kappa shape index (κ1) is 84.1. The van der Waals surface area contributed by atoms with Gasteiger partial charge in [-0.15, -0.1) is 0 Å². The molecule has 0 bridgehead atoms. The summed E-state index contributed by atoms with van der Waals surface area (Å²) in [6.45, 7) is 7.17. The third kappa shape index (κ3) is 60.9. The molecule has 0 aromatic heterocycles. The summed E-state index contributed by atoms with van der Waals surface area (Å²) < 4.78 is 67.9. The molecule has 0 heterocycles. The van der Waals surface area contributed by atoms with E-state index in [1.807, 2.05) is 0 Å². The fraction of sp³-hybridized carbons (Fsp3) is 0.940. The Bertz CT molecular complexity index is 1670. The molecule has 0 aromatic rings. The number of carbonyl (C=O) groups excluding carboxylic acids is 4. The molecule has 0 radical (unpaired) electrons. The van der Waals surface area contributed by atoms with Gasteiger partial charge in [0.15, 0.2) is 12.2 Å². The molecule has 0 aliphatic carbocycles. The van der Waals surface area contributed by atoms with Gasteiger partial charge in [-0.05, 0) is 31.6 Å². The van der Waals surface area contributed by atoms with Crippen molar-refractivity contribution in [3.63, 3.8) is 0 Å². The highest BCUT2D eigenvalue weighted by molar-refractivity contribution is 7.47. The molecule has 3 N–H and O–H groups in total. The molecule has 0 spiro atoms. The highest BCUT2D eigenvalue weighted by atomic mass is 31.2. The van der Waals surface area contributed by atoms with Gasteiger partial charge < -0.3 is 33.8 Å². The summed E-state index contributed by atoms with van der Waals surface area (Å²) in [6, 6.07) is 0. The van der Waals surface area contributed by atoms with Crippen molar-refractivity contribution in [1.82, 2.24) is 0 Å². The number of hydrogen-bond donors (Lipinski definition) is 3. The van der Waals surface area contributed by atoms with Crippen LogP contribution in [-0.4, -0.2) is 96.7 Å². The fourth-order valence-corrected chi connectivity index (χ4v) is 11.7. The van der Waals surface area contributed by atoms with Gasteiger partial charge in [-0.2, -0.15) is 0 Å². The third-order valence-corrected chi connectivity index (χ3v) is 17.4. The Morgan fingerprint density at radius 3 is 0.791 bits per heavy atom. The van der Waals surface area contributed by atoms with Crippen LogP contribution in [-0.2, 0) is 65.4 Å². The SMILES string of the molecule is CCCCCCCCCCCCCC(=O)OC[C@H](COP(=O)(O)OC[C@@H](O)COP(=O)(O)OC[C@@H](COC(=O)CCCCCCCCC)OC(=O)CCCCCCCCC)OC(=O)CCCCCCCCCCCCCCCCCCCCC(C)C. The number of hydrogen-bond acceptors (Lipinski definition) is 15. The summed E-state index contributed by atoms with van der Waals surface area (Å²) in [6.07, 6.45) is 46.2. The zero-order valence-corrected chi connectivity index (χ0v) is 57.2. The van der Waals surface area contributed by atoms with Gasteiger partial charge in [0.25, 0.3) is 0 Å². The molecule has 0 saturated carbocycles. The maximum atomic E-state index is 13.0. The van der Waals surface area contributed by atoms with Crippen LogP contribution < -0.4 is 0 Å². The molecule has 0 fully saturated rings. The molecule has 510 valence electrons. The molecule has 0 amide bonds. The van der Waals surface area contributed by atoms with Gasteiger partial charge in [-0.25, -0.2) is 9.13 Å². The van der Waals surface area contributed by atoms with Gasteiger partial charge in [0.05, 0.1) is 26.4 Å². The van der Waals surface area contributed by atoms with Crippen molar-refractivity contribution in [2.45, 2.75) is 361 Å². The quantitative estimate of drug-likeness (QED) is 0.0222. The lowest BCUT2D eigenvalue weighted by molar-refractivity contribution is -0.161. The first-order valence-corrected chi connectivity index (χ1v) is 38.1. The summed E-state index contributed by atoms with van der Waals surface area (Å²) >= 11 is 0. The van der Waals surface area contributed by atoms with Crippen LogP contribution in [0, 0.1) is 5.92 Å². The van der Waals surface area contributed by atoms with Gasteiger partial charge in [0, 0.05) is 25.7 Å². The lowest BCUT2D eigenvalue weighted by Crippen LogP contribution is -2.30. The minimum absolute atomic E-state index is 0.104. The maximum absolute atomic E-state index is 13.0. The Balaban J connectivity index is 5.09. The lowest BCUT2D eigenvalue weighted by Gasteiger charge is -2.21. The largest absolute Gasteiger partial charge is 0.472 e. The predicted molar refractivity (Wildman–Crippen MR) is 345 cm³/mol. The standard InChI is InChI=1S/C67H130O17P2/c1-6-9-12-15-18-19-28-32-37-41-46-51-65(70)78-57-63(84-67(72)53-48-43-38-33-30-27-25-23-21-20-22-24-26-29-31-36-39-44-49-60(4)5)59-82-86(75,76)80-55-61(68)54-79-85(73,74)81-58-62(83-66(71)52-47-42-35-17-14-11-8-3)56-77-64(69)50-45-40-34-16-13-10-7-2/h60-63,68H,6-59H2,1-5H3,(H,73,74)(H,75,76)/t61-,62+,63+/m0/s1. The number of esters is 4. The van der Waals surface area contributed by atoms with E-state index >= 15 is 0 Å². The minimum atomic E-state index is -4.94.